The lowest BCUT2D eigenvalue weighted by Crippen LogP contribution is -2.42. The monoisotopic (exact) mass is 471 g/mol. The fourth-order valence-electron chi connectivity index (χ4n) is 4.11. The van der Waals surface area contributed by atoms with Gasteiger partial charge in [0.25, 0.3) is 5.91 Å². The van der Waals surface area contributed by atoms with Crippen LogP contribution >= 0.6 is 11.8 Å². The number of amides is 2. The molecule has 0 bridgehead atoms. The fourth-order valence-corrected chi connectivity index (χ4v) is 4.91. The van der Waals surface area contributed by atoms with E-state index in [1.807, 2.05) is 12.1 Å². The Morgan fingerprint density at radius 2 is 1.73 bits per heavy atom. The van der Waals surface area contributed by atoms with E-state index in [1.54, 1.807) is 12.1 Å². The Bertz CT molecular complexity index is 948. The van der Waals surface area contributed by atoms with Crippen LogP contribution in [-0.4, -0.2) is 58.5 Å². The summed E-state index contributed by atoms with van der Waals surface area (Å²) in [6, 6.07) is 7.81. The van der Waals surface area contributed by atoms with Gasteiger partial charge >= 0.3 is 0 Å². The molecule has 2 N–H and O–H groups in total. The average Bonchev–Trinajstić information content (AvgIpc) is 3.61. The molecule has 1 aromatic carbocycles. The predicted molar refractivity (Wildman–Crippen MR) is 131 cm³/mol. The molecule has 178 valence electrons. The van der Waals surface area contributed by atoms with Crippen molar-refractivity contribution in [2.75, 3.05) is 41.7 Å². The number of hydrogen-bond donors (Lipinski definition) is 2. The van der Waals surface area contributed by atoms with E-state index in [4.69, 9.17) is 0 Å². The molecule has 0 radical (unpaired) electrons. The molecule has 1 aliphatic carbocycles. The van der Waals surface area contributed by atoms with E-state index < -0.39 is 0 Å². The van der Waals surface area contributed by atoms with Gasteiger partial charge in [-0.1, -0.05) is 11.8 Å². The molecule has 2 aromatic rings. The molecule has 0 spiro atoms. The summed E-state index contributed by atoms with van der Waals surface area (Å²) < 4.78 is 2.19. The highest BCUT2D eigenvalue weighted by Gasteiger charge is 2.32. The van der Waals surface area contributed by atoms with Crippen molar-refractivity contribution < 1.29 is 9.59 Å². The van der Waals surface area contributed by atoms with Gasteiger partial charge in [0.05, 0.1) is 5.75 Å². The number of hydrogen-bond acceptors (Lipinski definition) is 7. The van der Waals surface area contributed by atoms with Gasteiger partial charge in [0.2, 0.25) is 11.9 Å². The summed E-state index contributed by atoms with van der Waals surface area (Å²) in [6.07, 6.45) is 5.88. The molecule has 33 heavy (non-hydrogen) atoms. The van der Waals surface area contributed by atoms with E-state index in [-0.39, 0.29) is 17.6 Å². The van der Waals surface area contributed by atoms with Crippen molar-refractivity contribution in [1.82, 2.24) is 25.6 Å². The van der Waals surface area contributed by atoms with Crippen LogP contribution in [0.5, 0.6) is 0 Å². The summed E-state index contributed by atoms with van der Waals surface area (Å²) in [5.74, 6) is 0.471. The molecule has 4 rings (SSSR count). The second-order valence-electron chi connectivity index (χ2n) is 8.44. The van der Waals surface area contributed by atoms with Crippen LogP contribution in [0, 0.1) is 0 Å². The number of hydrazine groups is 1. The molecule has 2 amide bonds. The number of nitrogens with zero attached hydrogens (tertiary/aromatic N) is 5. The molecule has 1 aliphatic heterocycles. The Morgan fingerprint density at radius 3 is 2.36 bits per heavy atom. The van der Waals surface area contributed by atoms with Crippen LogP contribution in [0.4, 0.5) is 11.6 Å². The quantitative estimate of drug-likeness (QED) is 0.429. The number of carbonyl (C=O) groups is 2. The van der Waals surface area contributed by atoms with Crippen molar-refractivity contribution in [2.24, 2.45) is 0 Å². The number of piperidine rings is 1. The van der Waals surface area contributed by atoms with E-state index >= 15 is 0 Å². The Kier molecular flexibility index (Phi) is 7.74. The van der Waals surface area contributed by atoms with Gasteiger partial charge in [0.15, 0.2) is 5.16 Å². The standard InChI is InChI=1S/C23H33N7O2S/c1-3-28(4-2)18-10-8-17(9-11-18)21(32)25-24-20(31)16-33-23-27-26-22(30(23)19-12-13-19)29-14-6-5-7-15-29/h8-11,19H,3-7,12-16H2,1-2H3,(H,24,31)(H,25,32). The van der Waals surface area contributed by atoms with Crippen molar-refractivity contribution in [3.63, 3.8) is 0 Å². The Labute approximate surface area is 199 Å². The van der Waals surface area contributed by atoms with Crippen LogP contribution < -0.4 is 20.7 Å². The fraction of sp³-hybridized carbons (Fsp3) is 0.565. The first-order chi connectivity index (χ1) is 16.1. The van der Waals surface area contributed by atoms with Crippen LogP contribution in [0.3, 0.4) is 0 Å². The smallest absolute Gasteiger partial charge is 0.269 e. The largest absolute Gasteiger partial charge is 0.372 e. The molecule has 0 atom stereocenters. The number of rotatable bonds is 9. The molecule has 2 aliphatic rings. The highest BCUT2D eigenvalue weighted by Crippen LogP contribution is 2.41. The van der Waals surface area contributed by atoms with Crippen LogP contribution in [0.15, 0.2) is 29.4 Å². The Morgan fingerprint density at radius 1 is 1.03 bits per heavy atom. The van der Waals surface area contributed by atoms with Gasteiger partial charge in [0, 0.05) is 43.5 Å². The van der Waals surface area contributed by atoms with Crippen LogP contribution in [0.1, 0.15) is 62.4 Å². The van der Waals surface area contributed by atoms with Crippen LogP contribution in [0.2, 0.25) is 0 Å². The highest BCUT2D eigenvalue weighted by molar-refractivity contribution is 7.99. The first kappa shape index (κ1) is 23.4. The number of nitrogens with one attached hydrogen (secondary N) is 2. The molecule has 1 aromatic heterocycles. The second-order valence-corrected chi connectivity index (χ2v) is 9.38. The summed E-state index contributed by atoms with van der Waals surface area (Å²) in [5.41, 5.74) is 6.58. The van der Waals surface area contributed by atoms with Gasteiger partial charge in [-0.3, -0.25) is 25.0 Å². The topological polar surface area (TPSA) is 95.4 Å². The summed E-state index contributed by atoms with van der Waals surface area (Å²) in [7, 11) is 0. The van der Waals surface area contributed by atoms with Gasteiger partial charge in [0.1, 0.15) is 0 Å². The number of benzene rings is 1. The zero-order chi connectivity index (χ0) is 23.2. The van der Waals surface area contributed by atoms with Crippen molar-refractivity contribution in [1.29, 1.82) is 0 Å². The van der Waals surface area contributed by atoms with Crippen molar-refractivity contribution in [2.45, 2.75) is 57.1 Å². The number of aromatic nitrogens is 3. The maximum absolute atomic E-state index is 12.4. The maximum atomic E-state index is 12.4. The molecule has 10 heteroatoms. The highest BCUT2D eigenvalue weighted by atomic mass is 32.2. The lowest BCUT2D eigenvalue weighted by atomic mass is 10.1. The van der Waals surface area contributed by atoms with E-state index in [1.165, 1.54) is 31.0 Å². The summed E-state index contributed by atoms with van der Waals surface area (Å²) in [4.78, 5) is 29.3. The second kappa shape index (κ2) is 10.9. The zero-order valence-electron chi connectivity index (χ0n) is 19.4. The van der Waals surface area contributed by atoms with E-state index in [2.05, 4.69) is 49.3 Å². The lowest BCUT2D eigenvalue weighted by Gasteiger charge is -2.27. The van der Waals surface area contributed by atoms with Gasteiger partial charge < -0.3 is 9.80 Å². The van der Waals surface area contributed by atoms with E-state index in [0.717, 1.165) is 55.8 Å². The summed E-state index contributed by atoms with van der Waals surface area (Å²) in [6.45, 7) is 8.03. The van der Waals surface area contributed by atoms with Gasteiger partial charge in [-0.25, -0.2) is 0 Å². The van der Waals surface area contributed by atoms with Crippen molar-refractivity contribution in [3.8, 4) is 0 Å². The van der Waals surface area contributed by atoms with E-state index in [9.17, 15) is 9.59 Å². The van der Waals surface area contributed by atoms with Crippen LogP contribution in [0.25, 0.3) is 0 Å². The number of thioether (sulfide) groups is 1. The molecule has 1 saturated heterocycles. The molecular formula is C23H33N7O2S. The summed E-state index contributed by atoms with van der Waals surface area (Å²) >= 11 is 1.36. The maximum Gasteiger partial charge on any atom is 0.269 e. The van der Waals surface area contributed by atoms with Gasteiger partial charge in [-0.2, -0.15) is 0 Å². The first-order valence-electron chi connectivity index (χ1n) is 11.9. The molecule has 2 fully saturated rings. The Balaban J connectivity index is 1.28. The third-order valence-corrected chi connectivity index (χ3v) is 7.05. The minimum absolute atomic E-state index is 0.159. The zero-order valence-corrected chi connectivity index (χ0v) is 20.2. The molecular weight excluding hydrogens is 438 g/mol. The molecule has 0 unspecified atom stereocenters. The molecule has 1 saturated carbocycles. The third kappa shape index (κ3) is 5.79. The van der Waals surface area contributed by atoms with Crippen molar-refractivity contribution in [3.05, 3.63) is 29.8 Å². The van der Waals surface area contributed by atoms with Gasteiger partial charge in [-0.15, -0.1) is 10.2 Å². The SMILES string of the molecule is CCN(CC)c1ccc(C(=O)NNC(=O)CSc2nnc(N3CCCCC3)n2C2CC2)cc1. The minimum atomic E-state index is -0.340. The number of anilines is 2. The molecule has 9 nitrogen and oxygen atoms in total. The molecule has 2 heterocycles. The Hall–Kier alpha value is -2.75. The number of carbonyl (C=O) groups excluding carboxylic acids is 2. The third-order valence-electron chi connectivity index (χ3n) is 6.10. The van der Waals surface area contributed by atoms with Crippen LogP contribution in [-0.2, 0) is 4.79 Å². The van der Waals surface area contributed by atoms with Gasteiger partial charge in [-0.05, 0) is 70.2 Å². The summed E-state index contributed by atoms with van der Waals surface area (Å²) in [5, 5.41) is 9.57. The normalized spacial score (nSPS) is 15.9. The minimum Gasteiger partial charge on any atom is -0.372 e. The lowest BCUT2D eigenvalue weighted by molar-refractivity contribution is -0.119. The first-order valence-corrected chi connectivity index (χ1v) is 12.9. The predicted octanol–water partition coefficient (Wildman–Crippen LogP) is 3.00. The van der Waals surface area contributed by atoms with E-state index in [0.29, 0.717) is 11.6 Å². The van der Waals surface area contributed by atoms with Crippen molar-refractivity contribution >= 4 is 35.2 Å². The average molecular weight is 472 g/mol.